The average molecular weight is 287 g/mol. The number of pyridine rings is 1. The SMILES string of the molecule is CCCc1cc(C(=O)NC(C)c2ccc(C)o2)cc(N)n1. The first kappa shape index (κ1) is 15.1. The molecule has 2 heterocycles. The van der Waals surface area contributed by atoms with Crippen LogP contribution in [0.15, 0.2) is 28.7 Å². The summed E-state index contributed by atoms with van der Waals surface area (Å²) >= 11 is 0. The maximum atomic E-state index is 12.3. The summed E-state index contributed by atoms with van der Waals surface area (Å²) in [6, 6.07) is 6.92. The summed E-state index contributed by atoms with van der Waals surface area (Å²) in [7, 11) is 0. The van der Waals surface area contributed by atoms with E-state index in [0.29, 0.717) is 11.4 Å². The number of hydrogen-bond acceptors (Lipinski definition) is 4. The summed E-state index contributed by atoms with van der Waals surface area (Å²) < 4.78 is 5.52. The number of carbonyl (C=O) groups excluding carboxylic acids is 1. The number of nitrogens with zero attached hydrogens (tertiary/aromatic N) is 1. The van der Waals surface area contributed by atoms with Crippen LogP contribution in [-0.4, -0.2) is 10.9 Å². The van der Waals surface area contributed by atoms with Crippen LogP contribution in [0.25, 0.3) is 0 Å². The highest BCUT2D eigenvalue weighted by Crippen LogP contribution is 2.17. The van der Waals surface area contributed by atoms with Crippen molar-refractivity contribution in [2.24, 2.45) is 0 Å². The molecule has 0 aliphatic carbocycles. The van der Waals surface area contributed by atoms with Crippen LogP contribution in [0.5, 0.6) is 0 Å². The van der Waals surface area contributed by atoms with E-state index in [-0.39, 0.29) is 11.9 Å². The van der Waals surface area contributed by atoms with Gasteiger partial charge in [-0.2, -0.15) is 0 Å². The lowest BCUT2D eigenvalue weighted by Gasteiger charge is -2.12. The number of amides is 1. The lowest BCUT2D eigenvalue weighted by Crippen LogP contribution is -2.26. The van der Waals surface area contributed by atoms with E-state index in [2.05, 4.69) is 17.2 Å². The van der Waals surface area contributed by atoms with Gasteiger partial charge in [-0.1, -0.05) is 13.3 Å². The van der Waals surface area contributed by atoms with Crippen molar-refractivity contribution in [3.8, 4) is 0 Å². The summed E-state index contributed by atoms with van der Waals surface area (Å²) in [6.45, 7) is 5.82. The molecule has 5 nitrogen and oxygen atoms in total. The summed E-state index contributed by atoms with van der Waals surface area (Å²) in [5.74, 6) is 1.75. The van der Waals surface area contributed by atoms with Crippen molar-refractivity contribution in [2.75, 3.05) is 5.73 Å². The van der Waals surface area contributed by atoms with Crippen molar-refractivity contribution in [3.05, 3.63) is 47.0 Å². The van der Waals surface area contributed by atoms with Crippen molar-refractivity contribution in [3.63, 3.8) is 0 Å². The van der Waals surface area contributed by atoms with E-state index in [0.717, 1.165) is 30.1 Å². The van der Waals surface area contributed by atoms with Gasteiger partial charge in [-0.15, -0.1) is 0 Å². The molecule has 0 saturated heterocycles. The predicted molar refractivity (Wildman–Crippen MR) is 82.0 cm³/mol. The molecule has 0 spiro atoms. The molecule has 0 bridgehead atoms. The number of furan rings is 1. The summed E-state index contributed by atoms with van der Waals surface area (Å²) in [5.41, 5.74) is 7.13. The molecule has 5 heteroatoms. The van der Waals surface area contributed by atoms with Gasteiger partial charge >= 0.3 is 0 Å². The summed E-state index contributed by atoms with van der Waals surface area (Å²) in [6.07, 6.45) is 1.76. The van der Waals surface area contributed by atoms with Crippen LogP contribution in [0.4, 0.5) is 5.82 Å². The maximum Gasteiger partial charge on any atom is 0.252 e. The Labute approximate surface area is 124 Å². The number of aryl methyl sites for hydroxylation is 2. The highest BCUT2D eigenvalue weighted by molar-refractivity contribution is 5.95. The number of carbonyl (C=O) groups is 1. The summed E-state index contributed by atoms with van der Waals surface area (Å²) in [4.78, 5) is 16.5. The zero-order valence-corrected chi connectivity index (χ0v) is 12.6. The van der Waals surface area contributed by atoms with Crippen molar-refractivity contribution in [1.82, 2.24) is 10.3 Å². The van der Waals surface area contributed by atoms with E-state index >= 15 is 0 Å². The second-order valence-electron chi connectivity index (χ2n) is 5.17. The third-order valence-corrected chi connectivity index (χ3v) is 3.20. The maximum absolute atomic E-state index is 12.3. The van der Waals surface area contributed by atoms with E-state index in [1.54, 1.807) is 12.1 Å². The van der Waals surface area contributed by atoms with Gasteiger partial charge in [0.1, 0.15) is 17.3 Å². The molecular weight excluding hydrogens is 266 g/mol. The number of hydrogen-bond donors (Lipinski definition) is 2. The van der Waals surface area contributed by atoms with Gasteiger partial charge in [0.15, 0.2) is 0 Å². The highest BCUT2D eigenvalue weighted by Gasteiger charge is 2.15. The first-order valence-corrected chi connectivity index (χ1v) is 7.13. The Hall–Kier alpha value is -2.30. The van der Waals surface area contributed by atoms with E-state index in [9.17, 15) is 4.79 Å². The number of nitrogens with one attached hydrogen (secondary N) is 1. The topological polar surface area (TPSA) is 81.2 Å². The molecule has 0 radical (unpaired) electrons. The molecule has 112 valence electrons. The number of rotatable bonds is 5. The van der Waals surface area contributed by atoms with Gasteiger partial charge in [0, 0.05) is 11.3 Å². The number of aromatic nitrogens is 1. The third kappa shape index (κ3) is 3.84. The molecule has 0 saturated carbocycles. The molecule has 3 N–H and O–H groups in total. The molecule has 2 aromatic rings. The first-order chi connectivity index (χ1) is 9.99. The zero-order chi connectivity index (χ0) is 15.4. The average Bonchev–Trinajstić information content (AvgIpc) is 2.85. The molecule has 1 unspecified atom stereocenters. The quantitative estimate of drug-likeness (QED) is 0.885. The van der Waals surface area contributed by atoms with Crippen molar-refractivity contribution >= 4 is 11.7 Å². The van der Waals surface area contributed by atoms with Crippen LogP contribution in [0.2, 0.25) is 0 Å². The van der Waals surface area contributed by atoms with Gasteiger partial charge in [0.25, 0.3) is 5.91 Å². The fourth-order valence-electron chi connectivity index (χ4n) is 2.16. The smallest absolute Gasteiger partial charge is 0.252 e. The van der Waals surface area contributed by atoms with E-state index in [1.807, 2.05) is 26.0 Å². The van der Waals surface area contributed by atoms with Crippen LogP contribution in [0.1, 0.15) is 53.9 Å². The molecule has 21 heavy (non-hydrogen) atoms. The Balaban J connectivity index is 2.12. The lowest BCUT2D eigenvalue weighted by molar-refractivity contribution is 0.0935. The molecule has 0 aliphatic heterocycles. The second kappa shape index (κ2) is 6.43. The van der Waals surface area contributed by atoms with Crippen molar-refractivity contribution in [1.29, 1.82) is 0 Å². The molecule has 1 atom stereocenters. The number of nitrogen functional groups attached to an aromatic ring is 1. The van der Waals surface area contributed by atoms with Crippen molar-refractivity contribution < 1.29 is 9.21 Å². The Kier molecular flexibility index (Phi) is 4.62. The minimum atomic E-state index is -0.199. The fraction of sp³-hybridized carbons (Fsp3) is 0.375. The van der Waals surface area contributed by atoms with Crippen LogP contribution in [-0.2, 0) is 6.42 Å². The van der Waals surface area contributed by atoms with E-state index < -0.39 is 0 Å². The van der Waals surface area contributed by atoms with Gasteiger partial charge < -0.3 is 15.5 Å². The van der Waals surface area contributed by atoms with Crippen LogP contribution in [0, 0.1) is 6.92 Å². The zero-order valence-electron chi connectivity index (χ0n) is 12.6. The minimum absolute atomic E-state index is 0.178. The van der Waals surface area contributed by atoms with Gasteiger partial charge in [-0.3, -0.25) is 4.79 Å². The van der Waals surface area contributed by atoms with E-state index in [4.69, 9.17) is 10.2 Å². The van der Waals surface area contributed by atoms with Gasteiger partial charge in [-0.05, 0) is 44.5 Å². The summed E-state index contributed by atoms with van der Waals surface area (Å²) in [5, 5.41) is 2.91. The van der Waals surface area contributed by atoms with Crippen LogP contribution < -0.4 is 11.1 Å². The minimum Gasteiger partial charge on any atom is -0.464 e. The van der Waals surface area contributed by atoms with Gasteiger partial charge in [0.2, 0.25) is 0 Å². The Morgan fingerprint density at radius 3 is 2.81 bits per heavy atom. The second-order valence-corrected chi connectivity index (χ2v) is 5.17. The molecule has 0 aromatic carbocycles. The molecule has 0 aliphatic rings. The normalized spacial score (nSPS) is 12.1. The predicted octanol–water partition coefficient (Wildman–Crippen LogP) is 3.01. The fourth-order valence-corrected chi connectivity index (χ4v) is 2.16. The Morgan fingerprint density at radius 2 is 2.19 bits per heavy atom. The van der Waals surface area contributed by atoms with E-state index in [1.165, 1.54) is 0 Å². The molecule has 0 fully saturated rings. The molecule has 2 aromatic heterocycles. The number of anilines is 1. The molecule has 1 amide bonds. The largest absolute Gasteiger partial charge is 0.464 e. The van der Waals surface area contributed by atoms with Gasteiger partial charge in [0.05, 0.1) is 6.04 Å². The van der Waals surface area contributed by atoms with Crippen LogP contribution >= 0.6 is 0 Å². The molecular formula is C16H21N3O2. The Bertz CT molecular complexity index is 634. The van der Waals surface area contributed by atoms with Crippen LogP contribution in [0.3, 0.4) is 0 Å². The monoisotopic (exact) mass is 287 g/mol. The third-order valence-electron chi connectivity index (χ3n) is 3.20. The standard InChI is InChI=1S/C16H21N3O2/c1-4-5-13-8-12(9-15(17)19-13)16(20)18-11(3)14-7-6-10(2)21-14/h6-9,11H,4-5H2,1-3H3,(H2,17,19)(H,18,20). The lowest BCUT2D eigenvalue weighted by atomic mass is 10.1. The molecule has 2 rings (SSSR count). The number of nitrogens with two attached hydrogens (primary N) is 1. The Morgan fingerprint density at radius 1 is 1.43 bits per heavy atom. The van der Waals surface area contributed by atoms with Crippen molar-refractivity contribution in [2.45, 2.75) is 39.7 Å². The highest BCUT2D eigenvalue weighted by atomic mass is 16.3. The van der Waals surface area contributed by atoms with Gasteiger partial charge in [-0.25, -0.2) is 4.98 Å². The first-order valence-electron chi connectivity index (χ1n) is 7.13.